The molecule has 0 saturated heterocycles. The first-order valence-corrected chi connectivity index (χ1v) is 6.15. The predicted molar refractivity (Wildman–Crippen MR) is 66.9 cm³/mol. The standard InChI is InChI=1S/C11H11N5S/c12-5-4-8-2-1-3-9(6-8)10-15-16-7-13-14-11(16)17-10/h1-3,6-7H,4-5,12H2. The van der Waals surface area contributed by atoms with E-state index in [2.05, 4.69) is 27.4 Å². The monoisotopic (exact) mass is 245 g/mol. The van der Waals surface area contributed by atoms with Crippen LogP contribution in [0.5, 0.6) is 0 Å². The quantitative estimate of drug-likeness (QED) is 0.756. The third-order valence-electron chi connectivity index (χ3n) is 2.49. The van der Waals surface area contributed by atoms with Gasteiger partial charge in [0, 0.05) is 5.56 Å². The van der Waals surface area contributed by atoms with Crippen molar-refractivity contribution in [3.05, 3.63) is 36.2 Å². The van der Waals surface area contributed by atoms with Crippen molar-refractivity contribution in [3.8, 4) is 10.6 Å². The highest BCUT2D eigenvalue weighted by Gasteiger charge is 2.07. The molecule has 0 spiro atoms. The van der Waals surface area contributed by atoms with Gasteiger partial charge in [-0.05, 0) is 24.6 Å². The van der Waals surface area contributed by atoms with Crippen molar-refractivity contribution < 1.29 is 0 Å². The van der Waals surface area contributed by atoms with Gasteiger partial charge < -0.3 is 5.73 Å². The molecule has 0 aliphatic heterocycles. The molecule has 0 aliphatic rings. The highest BCUT2D eigenvalue weighted by molar-refractivity contribution is 7.19. The van der Waals surface area contributed by atoms with Crippen LogP contribution in [0.3, 0.4) is 0 Å². The number of benzene rings is 1. The fraction of sp³-hybridized carbons (Fsp3) is 0.182. The Hall–Kier alpha value is -1.79. The molecule has 3 aromatic rings. The van der Waals surface area contributed by atoms with Gasteiger partial charge in [0.15, 0.2) is 0 Å². The van der Waals surface area contributed by atoms with Crippen LogP contribution in [0.1, 0.15) is 5.56 Å². The molecule has 3 rings (SSSR count). The van der Waals surface area contributed by atoms with Gasteiger partial charge in [0.2, 0.25) is 4.96 Å². The van der Waals surface area contributed by atoms with Crippen LogP contribution in [0, 0.1) is 0 Å². The molecule has 17 heavy (non-hydrogen) atoms. The van der Waals surface area contributed by atoms with E-state index in [4.69, 9.17) is 5.73 Å². The Kier molecular flexibility index (Phi) is 2.58. The normalized spacial score (nSPS) is 11.1. The summed E-state index contributed by atoms with van der Waals surface area (Å²) in [4.78, 5) is 0.809. The van der Waals surface area contributed by atoms with Crippen LogP contribution in [0.4, 0.5) is 0 Å². The summed E-state index contributed by atoms with van der Waals surface area (Å²) in [6.07, 6.45) is 2.50. The summed E-state index contributed by atoms with van der Waals surface area (Å²) < 4.78 is 1.69. The highest BCUT2D eigenvalue weighted by atomic mass is 32.1. The van der Waals surface area contributed by atoms with E-state index in [1.54, 1.807) is 10.8 Å². The number of rotatable bonds is 3. The maximum Gasteiger partial charge on any atom is 0.234 e. The van der Waals surface area contributed by atoms with Crippen molar-refractivity contribution in [2.24, 2.45) is 5.73 Å². The molecule has 6 heteroatoms. The second-order valence-electron chi connectivity index (χ2n) is 3.70. The minimum atomic E-state index is 0.661. The fourth-order valence-electron chi connectivity index (χ4n) is 1.70. The Bertz CT molecular complexity index is 613. The van der Waals surface area contributed by atoms with E-state index in [0.717, 1.165) is 22.0 Å². The van der Waals surface area contributed by atoms with Crippen LogP contribution >= 0.6 is 11.3 Å². The van der Waals surface area contributed by atoms with Crippen LogP contribution in [-0.2, 0) is 6.42 Å². The first kappa shape index (κ1) is 10.4. The maximum absolute atomic E-state index is 5.56. The van der Waals surface area contributed by atoms with Gasteiger partial charge in [0.25, 0.3) is 0 Å². The molecule has 0 unspecified atom stereocenters. The molecule has 0 aliphatic carbocycles. The zero-order chi connectivity index (χ0) is 11.7. The molecule has 0 radical (unpaired) electrons. The molecule has 0 bridgehead atoms. The number of hydrogen-bond acceptors (Lipinski definition) is 5. The topological polar surface area (TPSA) is 69.1 Å². The van der Waals surface area contributed by atoms with Crippen LogP contribution in [-0.4, -0.2) is 26.4 Å². The Morgan fingerprint density at radius 1 is 1.35 bits per heavy atom. The first-order valence-electron chi connectivity index (χ1n) is 5.33. The molecular weight excluding hydrogens is 234 g/mol. The predicted octanol–water partition coefficient (Wildman–Crippen LogP) is 1.35. The molecule has 86 valence electrons. The van der Waals surface area contributed by atoms with E-state index in [0.29, 0.717) is 6.54 Å². The lowest BCUT2D eigenvalue weighted by atomic mass is 10.1. The molecule has 2 aromatic heterocycles. The Morgan fingerprint density at radius 2 is 2.29 bits per heavy atom. The summed E-state index contributed by atoms with van der Waals surface area (Å²) in [7, 11) is 0. The molecule has 2 N–H and O–H groups in total. The number of hydrogen-bond donors (Lipinski definition) is 1. The highest BCUT2D eigenvalue weighted by Crippen LogP contribution is 2.25. The molecule has 5 nitrogen and oxygen atoms in total. The lowest BCUT2D eigenvalue weighted by Crippen LogP contribution is -2.02. The third kappa shape index (κ3) is 1.92. The van der Waals surface area contributed by atoms with Crippen LogP contribution in [0.2, 0.25) is 0 Å². The van der Waals surface area contributed by atoms with Crippen LogP contribution in [0.25, 0.3) is 15.5 Å². The second-order valence-corrected chi connectivity index (χ2v) is 4.66. The summed E-state index contributed by atoms with van der Waals surface area (Å²) in [5, 5.41) is 13.1. The van der Waals surface area contributed by atoms with Crippen LogP contribution < -0.4 is 5.73 Å². The average molecular weight is 245 g/mol. The molecule has 1 aromatic carbocycles. The molecular formula is C11H11N5S. The Labute approximate surface area is 102 Å². The van der Waals surface area contributed by atoms with Gasteiger partial charge in [-0.1, -0.05) is 29.5 Å². The Morgan fingerprint density at radius 3 is 3.12 bits per heavy atom. The van der Waals surface area contributed by atoms with E-state index in [1.807, 2.05) is 12.1 Å². The van der Waals surface area contributed by atoms with Crippen molar-refractivity contribution >= 4 is 16.3 Å². The zero-order valence-corrected chi connectivity index (χ0v) is 9.89. The van der Waals surface area contributed by atoms with Crippen molar-refractivity contribution in [3.63, 3.8) is 0 Å². The lowest BCUT2D eigenvalue weighted by Gasteiger charge is -2.00. The number of nitrogens with two attached hydrogens (primary N) is 1. The Balaban J connectivity index is 2.02. The van der Waals surface area contributed by atoms with Crippen molar-refractivity contribution in [2.75, 3.05) is 6.54 Å². The fourth-order valence-corrected chi connectivity index (χ4v) is 2.52. The van der Waals surface area contributed by atoms with Gasteiger partial charge in [-0.3, -0.25) is 0 Å². The van der Waals surface area contributed by atoms with E-state index in [1.165, 1.54) is 16.9 Å². The van der Waals surface area contributed by atoms with Gasteiger partial charge in [-0.25, -0.2) is 0 Å². The molecule has 0 atom stereocenters. The average Bonchev–Trinajstić information content (AvgIpc) is 2.89. The van der Waals surface area contributed by atoms with Crippen molar-refractivity contribution in [1.29, 1.82) is 0 Å². The minimum absolute atomic E-state index is 0.661. The number of aromatic nitrogens is 4. The van der Waals surface area contributed by atoms with E-state index < -0.39 is 0 Å². The van der Waals surface area contributed by atoms with Crippen LogP contribution in [0.15, 0.2) is 30.6 Å². The van der Waals surface area contributed by atoms with Gasteiger partial charge in [-0.15, -0.1) is 10.2 Å². The van der Waals surface area contributed by atoms with Gasteiger partial charge in [-0.2, -0.15) is 9.61 Å². The SMILES string of the molecule is NCCc1cccc(-c2nn3cnnc3s2)c1. The molecule has 0 amide bonds. The smallest absolute Gasteiger partial charge is 0.234 e. The van der Waals surface area contributed by atoms with Gasteiger partial charge >= 0.3 is 0 Å². The second kappa shape index (κ2) is 4.23. The summed E-state index contributed by atoms with van der Waals surface area (Å²) in [6, 6.07) is 8.28. The first-order chi connectivity index (χ1) is 8.36. The summed E-state index contributed by atoms with van der Waals surface area (Å²) >= 11 is 1.53. The summed E-state index contributed by atoms with van der Waals surface area (Å²) in [5.41, 5.74) is 7.89. The van der Waals surface area contributed by atoms with Gasteiger partial charge in [0.05, 0.1) is 0 Å². The van der Waals surface area contributed by atoms with Crippen molar-refractivity contribution in [2.45, 2.75) is 6.42 Å². The maximum atomic E-state index is 5.56. The third-order valence-corrected chi connectivity index (χ3v) is 3.46. The molecule has 2 heterocycles. The lowest BCUT2D eigenvalue weighted by molar-refractivity contribution is 0.955. The summed E-state index contributed by atoms with van der Waals surface area (Å²) in [6.45, 7) is 0.661. The molecule has 0 fully saturated rings. The van der Waals surface area contributed by atoms with Gasteiger partial charge in [0.1, 0.15) is 11.3 Å². The zero-order valence-electron chi connectivity index (χ0n) is 9.08. The van der Waals surface area contributed by atoms with E-state index in [-0.39, 0.29) is 0 Å². The number of nitrogens with zero attached hydrogens (tertiary/aromatic N) is 4. The van der Waals surface area contributed by atoms with E-state index in [9.17, 15) is 0 Å². The van der Waals surface area contributed by atoms with Crippen molar-refractivity contribution in [1.82, 2.24) is 19.8 Å². The minimum Gasteiger partial charge on any atom is -0.330 e. The largest absolute Gasteiger partial charge is 0.330 e. The molecule has 0 saturated carbocycles. The summed E-state index contributed by atoms with van der Waals surface area (Å²) in [5.74, 6) is 0. The van der Waals surface area contributed by atoms with E-state index >= 15 is 0 Å². The number of fused-ring (bicyclic) bond motifs is 1.